The predicted molar refractivity (Wildman–Crippen MR) is 71.1 cm³/mol. The van der Waals surface area contributed by atoms with Crippen LogP contribution in [0.25, 0.3) is 10.8 Å². The molecule has 0 amide bonds. The van der Waals surface area contributed by atoms with E-state index in [9.17, 15) is 8.42 Å². The summed E-state index contributed by atoms with van der Waals surface area (Å²) in [6, 6.07) is 11.4. The molecule has 2 nitrogen and oxygen atoms in total. The van der Waals surface area contributed by atoms with E-state index in [2.05, 4.69) is 26.0 Å². The highest BCUT2D eigenvalue weighted by Gasteiger charge is 2.08. The molecule has 0 radical (unpaired) electrons. The quantitative estimate of drug-likeness (QED) is 0.816. The maximum absolute atomic E-state index is 11.5. The van der Waals surface area contributed by atoms with Gasteiger partial charge in [-0.2, -0.15) is 0 Å². The number of rotatable bonds is 2. The van der Waals surface area contributed by atoms with E-state index in [1.54, 1.807) is 12.1 Å². The lowest BCUT2D eigenvalue weighted by Gasteiger charge is -2.07. The Morgan fingerprint density at radius 1 is 0.941 bits per heavy atom. The van der Waals surface area contributed by atoms with Gasteiger partial charge in [-0.25, -0.2) is 8.42 Å². The molecule has 0 atom stereocenters. The first-order valence-corrected chi connectivity index (χ1v) is 7.51. The molecule has 0 saturated heterocycles. The number of fused-ring (bicyclic) bond motifs is 1. The summed E-state index contributed by atoms with van der Waals surface area (Å²) in [5.41, 5.74) is 1.27. The van der Waals surface area contributed by atoms with Gasteiger partial charge in [0.15, 0.2) is 9.84 Å². The monoisotopic (exact) mass is 248 g/mol. The fraction of sp³-hybridized carbons (Fsp3) is 0.286. The maximum atomic E-state index is 11.5. The van der Waals surface area contributed by atoms with Crippen LogP contribution in [0.4, 0.5) is 0 Å². The third kappa shape index (κ3) is 2.50. The fourth-order valence-electron chi connectivity index (χ4n) is 1.83. The molecule has 90 valence electrons. The van der Waals surface area contributed by atoms with Gasteiger partial charge >= 0.3 is 0 Å². The van der Waals surface area contributed by atoms with Crippen molar-refractivity contribution in [2.24, 2.45) is 0 Å². The van der Waals surface area contributed by atoms with E-state index in [1.165, 1.54) is 11.8 Å². The highest BCUT2D eigenvalue weighted by Crippen LogP contribution is 2.23. The molecule has 0 bridgehead atoms. The zero-order valence-electron chi connectivity index (χ0n) is 10.3. The Morgan fingerprint density at radius 3 is 2.12 bits per heavy atom. The minimum absolute atomic E-state index is 0.377. The van der Waals surface area contributed by atoms with Crippen LogP contribution in [0.15, 0.2) is 41.3 Å². The van der Waals surface area contributed by atoms with E-state index in [0.717, 1.165) is 10.8 Å². The molecule has 2 aromatic rings. The Morgan fingerprint density at radius 2 is 1.53 bits per heavy atom. The van der Waals surface area contributed by atoms with Crippen molar-refractivity contribution in [2.45, 2.75) is 24.7 Å². The first kappa shape index (κ1) is 12.1. The Bertz CT molecular complexity index is 655. The van der Waals surface area contributed by atoms with Crippen LogP contribution >= 0.6 is 0 Å². The van der Waals surface area contributed by atoms with Gasteiger partial charge in [-0.3, -0.25) is 0 Å². The molecule has 0 aromatic heterocycles. The van der Waals surface area contributed by atoms with Crippen LogP contribution in [0.5, 0.6) is 0 Å². The van der Waals surface area contributed by atoms with Crippen LogP contribution < -0.4 is 0 Å². The summed E-state index contributed by atoms with van der Waals surface area (Å²) in [6.07, 6.45) is 1.23. The standard InChI is InChI=1S/C14H16O2S/c1-10(2)11-4-5-13-9-14(17(3,15)16)7-6-12(13)8-11/h4-10H,1-3H3. The Balaban J connectivity index is 2.62. The van der Waals surface area contributed by atoms with E-state index in [-0.39, 0.29) is 0 Å². The lowest BCUT2D eigenvalue weighted by molar-refractivity contribution is 0.602. The average molecular weight is 248 g/mol. The van der Waals surface area contributed by atoms with Gasteiger partial charge < -0.3 is 0 Å². The topological polar surface area (TPSA) is 34.1 Å². The largest absolute Gasteiger partial charge is 0.224 e. The lowest BCUT2D eigenvalue weighted by atomic mass is 9.99. The van der Waals surface area contributed by atoms with Gasteiger partial charge in [0.1, 0.15) is 0 Å². The van der Waals surface area contributed by atoms with Crippen LogP contribution in [0.3, 0.4) is 0 Å². The minimum atomic E-state index is -3.12. The van der Waals surface area contributed by atoms with Crippen molar-refractivity contribution >= 4 is 20.6 Å². The zero-order valence-corrected chi connectivity index (χ0v) is 11.1. The second-order valence-corrected chi connectivity index (χ2v) is 6.71. The molecule has 0 saturated carbocycles. The molecule has 2 rings (SSSR count). The highest BCUT2D eigenvalue weighted by atomic mass is 32.2. The lowest BCUT2D eigenvalue weighted by Crippen LogP contribution is -1.96. The number of hydrogen-bond acceptors (Lipinski definition) is 2. The van der Waals surface area contributed by atoms with E-state index in [4.69, 9.17) is 0 Å². The van der Waals surface area contributed by atoms with Crippen molar-refractivity contribution in [3.05, 3.63) is 42.0 Å². The molecule has 0 aliphatic heterocycles. The van der Waals surface area contributed by atoms with Gasteiger partial charge in [0.2, 0.25) is 0 Å². The molecule has 0 heterocycles. The van der Waals surface area contributed by atoms with Gasteiger partial charge in [-0.15, -0.1) is 0 Å². The van der Waals surface area contributed by atoms with Gasteiger partial charge in [-0.05, 0) is 34.4 Å². The molecule has 17 heavy (non-hydrogen) atoms. The third-order valence-corrected chi connectivity index (χ3v) is 4.04. The summed E-state index contributed by atoms with van der Waals surface area (Å²) < 4.78 is 22.9. The summed E-state index contributed by atoms with van der Waals surface area (Å²) in [6.45, 7) is 4.29. The normalized spacial score (nSPS) is 12.2. The number of hydrogen-bond donors (Lipinski definition) is 0. The summed E-state index contributed by atoms with van der Waals surface area (Å²) in [4.78, 5) is 0.377. The van der Waals surface area contributed by atoms with Crippen molar-refractivity contribution in [3.63, 3.8) is 0 Å². The van der Waals surface area contributed by atoms with Gasteiger partial charge in [0.05, 0.1) is 4.90 Å². The van der Waals surface area contributed by atoms with Crippen molar-refractivity contribution in [1.29, 1.82) is 0 Å². The summed E-state index contributed by atoms with van der Waals surface area (Å²) in [7, 11) is -3.12. The van der Waals surface area contributed by atoms with Crippen LogP contribution in [0, 0.1) is 0 Å². The first-order chi connectivity index (χ1) is 7.88. The zero-order chi connectivity index (χ0) is 12.6. The fourth-order valence-corrected chi connectivity index (χ4v) is 2.49. The number of benzene rings is 2. The minimum Gasteiger partial charge on any atom is -0.224 e. The second kappa shape index (κ2) is 4.15. The van der Waals surface area contributed by atoms with Crippen LogP contribution in [-0.2, 0) is 9.84 Å². The molecule has 3 heteroatoms. The van der Waals surface area contributed by atoms with E-state index >= 15 is 0 Å². The van der Waals surface area contributed by atoms with Crippen LogP contribution in [-0.4, -0.2) is 14.7 Å². The summed E-state index contributed by atoms with van der Waals surface area (Å²) >= 11 is 0. The number of sulfone groups is 1. The molecule has 0 spiro atoms. The van der Waals surface area contributed by atoms with E-state index < -0.39 is 9.84 Å². The van der Waals surface area contributed by atoms with Gasteiger partial charge in [0.25, 0.3) is 0 Å². The van der Waals surface area contributed by atoms with Gasteiger partial charge in [0, 0.05) is 6.26 Å². The first-order valence-electron chi connectivity index (χ1n) is 5.62. The molecular weight excluding hydrogens is 232 g/mol. The predicted octanol–water partition coefficient (Wildman–Crippen LogP) is 3.37. The van der Waals surface area contributed by atoms with Crippen molar-refractivity contribution in [2.75, 3.05) is 6.26 Å². The Hall–Kier alpha value is -1.35. The highest BCUT2D eigenvalue weighted by molar-refractivity contribution is 7.90. The molecule has 0 aliphatic rings. The third-order valence-electron chi connectivity index (χ3n) is 2.93. The molecule has 0 unspecified atom stereocenters. The van der Waals surface area contributed by atoms with Gasteiger partial charge in [-0.1, -0.05) is 38.1 Å². The molecule has 2 aromatic carbocycles. The Labute approximate surface area is 102 Å². The summed E-state index contributed by atoms with van der Waals surface area (Å²) in [5.74, 6) is 0.481. The Kier molecular flexibility index (Phi) is 2.96. The van der Waals surface area contributed by atoms with Crippen LogP contribution in [0.2, 0.25) is 0 Å². The van der Waals surface area contributed by atoms with E-state index in [1.807, 2.05) is 12.1 Å². The van der Waals surface area contributed by atoms with Crippen LogP contribution in [0.1, 0.15) is 25.3 Å². The average Bonchev–Trinajstić information content (AvgIpc) is 2.26. The molecule has 0 aliphatic carbocycles. The molecule has 0 fully saturated rings. The van der Waals surface area contributed by atoms with Crippen molar-refractivity contribution in [3.8, 4) is 0 Å². The smallest absolute Gasteiger partial charge is 0.175 e. The SMILES string of the molecule is CC(C)c1ccc2cc(S(C)(=O)=O)ccc2c1. The van der Waals surface area contributed by atoms with Crippen molar-refractivity contribution in [1.82, 2.24) is 0 Å². The second-order valence-electron chi connectivity index (χ2n) is 4.70. The maximum Gasteiger partial charge on any atom is 0.175 e. The molecule has 0 N–H and O–H groups in total. The van der Waals surface area contributed by atoms with Crippen molar-refractivity contribution < 1.29 is 8.42 Å². The molecular formula is C14H16O2S. The summed E-state index contributed by atoms with van der Waals surface area (Å²) in [5, 5.41) is 2.06. The van der Waals surface area contributed by atoms with E-state index in [0.29, 0.717) is 10.8 Å².